The van der Waals surface area contributed by atoms with Crippen LogP contribution in [0.25, 0.3) is 0 Å². The van der Waals surface area contributed by atoms with Gasteiger partial charge in [-0.05, 0) is 48.5 Å². The molecule has 0 aliphatic carbocycles. The Morgan fingerprint density at radius 2 is 1.20 bits per heavy atom. The first kappa shape index (κ1) is 21.7. The lowest BCUT2D eigenvalue weighted by atomic mass is 10.1. The molecular formula is C21H13Cl2F3N2O2. The van der Waals surface area contributed by atoms with Crippen LogP contribution in [0.15, 0.2) is 66.7 Å². The molecule has 0 saturated carbocycles. The molecule has 0 aliphatic heterocycles. The van der Waals surface area contributed by atoms with Crippen molar-refractivity contribution in [1.29, 1.82) is 0 Å². The molecule has 0 spiro atoms. The first-order valence-corrected chi connectivity index (χ1v) is 9.23. The topological polar surface area (TPSA) is 58.2 Å². The van der Waals surface area contributed by atoms with Gasteiger partial charge in [0, 0.05) is 32.5 Å². The Bertz CT molecular complexity index is 1080. The summed E-state index contributed by atoms with van der Waals surface area (Å²) in [5.74, 6) is -1.30. The van der Waals surface area contributed by atoms with E-state index in [4.69, 9.17) is 23.2 Å². The molecular weight excluding hydrogens is 440 g/mol. The lowest BCUT2D eigenvalue weighted by Gasteiger charge is -2.14. The maximum absolute atomic E-state index is 13.3. The van der Waals surface area contributed by atoms with Gasteiger partial charge in [0.25, 0.3) is 11.8 Å². The van der Waals surface area contributed by atoms with Gasteiger partial charge in [-0.15, -0.1) is 0 Å². The summed E-state index contributed by atoms with van der Waals surface area (Å²) >= 11 is 11.7. The van der Waals surface area contributed by atoms with Crippen molar-refractivity contribution in [1.82, 2.24) is 0 Å². The summed E-state index contributed by atoms with van der Waals surface area (Å²) in [6.07, 6.45) is -4.69. The van der Waals surface area contributed by atoms with E-state index in [-0.39, 0.29) is 32.5 Å². The number of hydrogen-bond acceptors (Lipinski definition) is 2. The van der Waals surface area contributed by atoms with Gasteiger partial charge in [0.05, 0.1) is 5.56 Å². The number of amides is 2. The van der Waals surface area contributed by atoms with E-state index in [0.29, 0.717) is 0 Å². The van der Waals surface area contributed by atoms with Crippen molar-refractivity contribution >= 4 is 46.4 Å². The number of benzene rings is 3. The van der Waals surface area contributed by atoms with Crippen LogP contribution >= 0.6 is 23.2 Å². The van der Waals surface area contributed by atoms with E-state index in [1.54, 1.807) is 18.2 Å². The number of carbonyl (C=O) groups excluding carboxylic acids is 2. The van der Waals surface area contributed by atoms with Crippen molar-refractivity contribution in [3.05, 3.63) is 93.5 Å². The van der Waals surface area contributed by atoms with Gasteiger partial charge < -0.3 is 10.6 Å². The van der Waals surface area contributed by atoms with Crippen LogP contribution in [0.1, 0.15) is 26.3 Å². The number of hydrogen-bond donors (Lipinski definition) is 2. The monoisotopic (exact) mass is 452 g/mol. The second-order valence-electron chi connectivity index (χ2n) is 6.23. The lowest BCUT2D eigenvalue weighted by molar-refractivity contribution is -0.137. The van der Waals surface area contributed by atoms with Crippen LogP contribution in [0.5, 0.6) is 0 Å². The van der Waals surface area contributed by atoms with Gasteiger partial charge in [-0.1, -0.05) is 41.4 Å². The molecule has 3 rings (SSSR count). The molecule has 3 aromatic carbocycles. The smallest absolute Gasteiger partial charge is 0.322 e. The van der Waals surface area contributed by atoms with Gasteiger partial charge >= 0.3 is 6.18 Å². The van der Waals surface area contributed by atoms with Crippen molar-refractivity contribution < 1.29 is 22.8 Å². The number of nitrogens with one attached hydrogen (secondary N) is 2. The Morgan fingerprint density at radius 3 is 1.70 bits per heavy atom. The lowest BCUT2D eigenvalue weighted by Crippen LogP contribution is -2.16. The van der Waals surface area contributed by atoms with Crippen molar-refractivity contribution in [3.63, 3.8) is 0 Å². The molecule has 4 nitrogen and oxygen atoms in total. The van der Waals surface area contributed by atoms with E-state index in [0.717, 1.165) is 12.1 Å². The van der Waals surface area contributed by atoms with Crippen LogP contribution in [0.2, 0.25) is 10.0 Å². The molecule has 0 heterocycles. The standard InChI is InChI=1S/C21H13Cl2F3N2O2/c22-15-6-13(7-16(23)10-15)20(30)28-18-9-14(21(24,25)26)8-17(11-18)27-19(29)12-4-2-1-3-5-12/h1-11H,(H,27,29)(H,28,30). The zero-order valence-electron chi connectivity index (χ0n) is 15.1. The minimum absolute atomic E-state index is 0.0692. The third-order valence-electron chi connectivity index (χ3n) is 3.94. The largest absolute Gasteiger partial charge is 0.416 e. The minimum atomic E-state index is -4.69. The Labute approximate surface area is 179 Å². The number of carbonyl (C=O) groups is 2. The van der Waals surface area contributed by atoms with Crippen LogP contribution in [0.4, 0.5) is 24.5 Å². The van der Waals surface area contributed by atoms with E-state index in [9.17, 15) is 22.8 Å². The fourth-order valence-corrected chi connectivity index (χ4v) is 3.14. The molecule has 0 fully saturated rings. The van der Waals surface area contributed by atoms with Crippen molar-refractivity contribution in [3.8, 4) is 0 Å². The van der Waals surface area contributed by atoms with Crippen LogP contribution in [-0.2, 0) is 6.18 Å². The number of alkyl halides is 3. The van der Waals surface area contributed by atoms with Crippen molar-refractivity contribution in [2.24, 2.45) is 0 Å². The molecule has 0 saturated heterocycles. The zero-order valence-corrected chi connectivity index (χ0v) is 16.6. The van der Waals surface area contributed by atoms with E-state index in [2.05, 4.69) is 10.6 Å². The molecule has 0 atom stereocenters. The van der Waals surface area contributed by atoms with Gasteiger partial charge in [-0.2, -0.15) is 13.2 Å². The highest BCUT2D eigenvalue weighted by Crippen LogP contribution is 2.34. The van der Waals surface area contributed by atoms with Crippen molar-refractivity contribution in [2.45, 2.75) is 6.18 Å². The quantitative estimate of drug-likeness (QED) is 0.473. The minimum Gasteiger partial charge on any atom is -0.322 e. The second kappa shape index (κ2) is 8.77. The summed E-state index contributed by atoms with van der Waals surface area (Å²) in [6, 6.07) is 14.9. The van der Waals surface area contributed by atoms with Crippen LogP contribution < -0.4 is 10.6 Å². The average Bonchev–Trinajstić information content (AvgIpc) is 2.67. The summed E-state index contributed by atoms with van der Waals surface area (Å²) in [4.78, 5) is 24.7. The Balaban J connectivity index is 1.91. The zero-order chi connectivity index (χ0) is 21.9. The van der Waals surface area contributed by atoms with Crippen LogP contribution in [0, 0.1) is 0 Å². The van der Waals surface area contributed by atoms with Gasteiger partial charge in [-0.3, -0.25) is 9.59 Å². The summed E-state index contributed by atoms with van der Waals surface area (Å²) in [5, 5.41) is 5.18. The van der Waals surface area contributed by atoms with Crippen LogP contribution in [0.3, 0.4) is 0 Å². The molecule has 0 radical (unpaired) electrons. The molecule has 0 aliphatic rings. The van der Waals surface area contributed by atoms with Crippen LogP contribution in [-0.4, -0.2) is 11.8 Å². The Kier molecular flexibility index (Phi) is 6.34. The maximum Gasteiger partial charge on any atom is 0.416 e. The average molecular weight is 453 g/mol. The third kappa shape index (κ3) is 5.52. The normalized spacial score (nSPS) is 11.1. The van der Waals surface area contributed by atoms with E-state index in [1.807, 2.05) is 0 Å². The molecule has 2 N–H and O–H groups in total. The molecule has 0 aromatic heterocycles. The third-order valence-corrected chi connectivity index (χ3v) is 4.37. The molecule has 0 bridgehead atoms. The Morgan fingerprint density at radius 1 is 0.700 bits per heavy atom. The summed E-state index contributed by atoms with van der Waals surface area (Å²) < 4.78 is 39.9. The summed E-state index contributed by atoms with van der Waals surface area (Å²) in [7, 11) is 0. The SMILES string of the molecule is O=C(Nc1cc(NC(=O)c2cc(Cl)cc(Cl)c2)cc(C(F)(F)F)c1)c1ccccc1. The number of halogens is 5. The maximum atomic E-state index is 13.3. The first-order chi connectivity index (χ1) is 14.1. The predicted octanol–water partition coefficient (Wildman–Crippen LogP) is 6.52. The van der Waals surface area contributed by atoms with Gasteiger partial charge in [0.1, 0.15) is 0 Å². The predicted molar refractivity (Wildman–Crippen MR) is 110 cm³/mol. The fourth-order valence-electron chi connectivity index (χ4n) is 2.62. The highest BCUT2D eigenvalue weighted by atomic mass is 35.5. The molecule has 154 valence electrons. The van der Waals surface area contributed by atoms with E-state index in [1.165, 1.54) is 36.4 Å². The van der Waals surface area contributed by atoms with Gasteiger partial charge in [-0.25, -0.2) is 0 Å². The summed E-state index contributed by atoms with van der Waals surface area (Å²) in [5.41, 5.74) is -0.978. The molecule has 2 amide bonds. The van der Waals surface area contributed by atoms with Gasteiger partial charge in [0.2, 0.25) is 0 Å². The Hall–Kier alpha value is -3.03. The highest BCUT2D eigenvalue weighted by Gasteiger charge is 2.31. The number of anilines is 2. The second-order valence-corrected chi connectivity index (χ2v) is 7.10. The number of rotatable bonds is 4. The summed E-state index contributed by atoms with van der Waals surface area (Å²) in [6.45, 7) is 0. The molecule has 9 heteroatoms. The van der Waals surface area contributed by atoms with E-state index >= 15 is 0 Å². The highest BCUT2D eigenvalue weighted by molar-refractivity contribution is 6.35. The molecule has 30 heavy (non-hydrogen) atoms. The first-order valence-electron chi connectivity index (χ1n) is 8.48. The van der Waals surface area contributed by atoms with Gasteiger partial charge in [0.15, 0.2) is 0 Å². The molecule has 3 aromatic rings. The van der Waals surface area contributed by atoms with Crippen molar-refractivity contribution in [2.75, 3.05) is 10.6 Å². The fraction of sp³-hybridized carbons (Fsp3) is 0.0476. The van der Waals surface area contributed by atoms with E-state index < -0.39 is 23.6 Å². The molecule has 0 unspecified atom stereocenters.